The van der Waals surface area contributed by atoms with E-state index in [1.807, 2.05) is 27.7 Å². The molecule has 1 fully saturated rings. The largest absolute Gasteiger partial charge is 0.298 e. The molecular formula is C8H13N3O. The Morgan fingerprint density at radius 2 is 1.75 bits per heavy atom. The van der Waals surface area contributed by atoms with Crippen LogP contribution in [0.1, 0.15) is 27.7 Å². The van der Waals surface area contributed by atoms with Gasteiger partial charge < -0.3 is 0 Å². The number of rotatable bonds is 1. The minimum atomic E-state index is -0.476. The molecule has 1 saturated carbocycles. The molecule has 1 aliphatic rings. The summed E-state index contributed by atoms with van der Waals surface area (Å²) < 4.78 is 0. The van der Waals surface area contributed by atoms with Gasteiger partial charge in [0.05, 0.1) is 6.04 Å². The second kappa shape index (κ2) is 2.23. The summed E-state index contributed by atoms with van der Waals surface area (Å²) in [7, 11) is 0. The lowest BCUT2D eigenvalue weighted by molar-refractivity contribution is -0.155. The summed E-state index contributed by atoms with van der Waals surface area (Å²) in [6.45, 7) is 7.28. The maximum absolute atomic E-state index is 11.5. The molecule has 1 aliphatic carbocycles. The number of carbonyl (C=O) groups excluding carboxylic acids is 1. The molecule has 0 aliphatic heterocycles. The number of Topliss-reactive ketones (excluding diaryl/α,β-unsaturated/α-hetero) is 1. The molecule has 0 N–H and O–H groups in total. The maximum Gasteiger partial charge on any atom is 0.144 e. The van der Waals surface area contributed by atoms with Crippen LogP contribution in [0, 0.1) is 10.8 Å². The van der Waals surface area contributed by atoms with Gasteiger partial charge in [0, 0.05) is 15.7 Å². The van der Waals surface area contributed by atoms with E-state index in [2.05, 4.69) is 10.0 Å². The zero-order valence-electron chi connectivity index (χ0n) is 7.83. The summed E-state index contributed by atoms with van der Waals surface area (Å²) in [6.07, 6.45) is 0. The van der Waals surface area contributed by atoms with Crippen molar-refractivity contribution in [2.75, 3.05) is 0 Å². The fraction of sp³-hybridized carbons (Fsp3) is 0.875. The van der Waals surface area contributed by atoms with E-state index in [0.29, 0.717) is 0 Å². The first-order valence-electron chi connectivity index (χ1n) is 3.94. The first-order chi connectivity index (χ1) is 5.35. The molecule has 0 spiro atoms. The van der Waals surface area contributed by atoms with Gasteiger partial charge in [0.1, 0.15) is 5.78 Å². The highest BCUT2D eigenvalue weighted by molar-refractivity contribution is 5.97. The standard InChI is InChI=1S/C8H13N3O/c1-7(2)5(10-11-9)8(3,4)6(7)12/h5H,1-4H3. The van der Waals surface area contributed by atoms with Gasteiger partial charge in [-0.3, -0.25) is 4.79 Å². The summed E-state index contributed by atoms with van der Waals surface area (Å²) in [5.41, 5.74) is 7.35. The summed E-state index contributed by atoms with van der Waals surface area (Å²) in [4.78, 5) is 14.3. The molecule has 0 unspecified atom stereocenters. The summed E-state index contributed by atoms with van der Waals surface area (Å²) in [6, 6.07) is -0.206. The molecule has 4 nitrogen and oxygen atoms in total. The molecule has 0 bridgehead atoms. The lowest BCUT2D eigenvalue weighted by Crippen LogP contribution is -2.63. The molecule has 4 heteroatoms. The van der Waals surface area contributed by atoms with E-state index < -0.39 is 10.8 Å². The molecule has 0 aromatic heterocycles. The third kappa shape index (κ3) is 0.847. The number of carbonyl (C=O) groups is 1. The molecule has 66 valence electrons. The quantitative estimate of drug-likeness (QED) is 0.335. The van der Waals surface area contributed by atoms with Gasteiger partial charge in [0.2, 0.25) is 0 Å². The number of nitrogens with zero attached hydrogens (tertiary/aromatic N) is 3. The van der Waals surface area contributed by atoms with E-state index in [-0.39, 0.29) is 11.8 Å². The van der Waals surface area contributed by atoms with Gasteiger partial charge in [-0.05, 0) is 5.53 Å². The van der Waals surface area contributed by atoms with Crippen LogP contribution in [0.4, 0.5) is 0 Å². The molecule has 0 atom stereocenters. The van der Waals surface area contributed by atoms with Crippen LogP contribution >= 0.6 is 0 Å². The van der Waals surface area contributed by atoms with Gasteiger partial charge in [-0.1, -0.05) is 32.8 Å². The molecule has 12 heavy (non-hydrogen) atoms. The normalized spacial score (nSPS) is 25.8. The Balaban J connectivity index is 3.01. The van der Waals surface area contributed by atoms with Crippen molar-refractivity contribution in [1.29, 1.82) is 0 Å². The van der Waals surface area contributed by atoms with E-state index in [1.54, 1.807) is 0 Å². The SMILES string of the molecule is CC1(C)C(=O)C(C)(C)C1N=[N+]=[N-]. The van der Waals surface area contributed by atoms with Crippen molar-refractivity contribution in [3.8, 4) is 0 Å². The van der Waals surface area contributed by atoms with Crippen molar-refractivity contribution in [1.82, 2.24) is 0 Å². The zero-order valence-corrected chi connectivity index (χ0v) is 7.83. The fourth-order valence-electron chi connectivity index (χ4n) is 2.24. The third-order valence-corrected chi connectivity index (χ3v) is 2.70. The lowest BCUT2D eigenvalue weighted by Gasteiger charge is -2.53. The monoisotopic (exact) mass is 167 g/mol. The Morgan fingerprint density at radius 1 is 1.33 bits per heavy atom. The summed E-state index contributed by atoms with van der Waals surface area (Å²) in [5.74, 6) is 0.174. The zero-order chi connectivity index (χ0) is 9.57. The first kappa shape index (κ1) is 9.07. The van der Waals surface area contributed by atoms with Crippen molar-refractivity contribution in [2.45, 2.75) is 33.7 Å². The van der Waals surface area contributed by atoms with Crippen LogP contribution < -0.4 is 0 Å². The predicted molar refractivity (Wildman–Crippen MR) is 45.5 cm³/mol. The van der Waals surface area contributed by atoms with Crippen LogP contribution in [0.5, 0.6) is 0 Å². The van der Waals surface area contributed by atoms with Crippen molar-refractivity contribution >= 4 is 5.78 Å². The van der Waals surface area contributed by atoms with Gasteiger partial charge >= 0.3 is 0 Å². The number of hydrogen-bond acceptors (Lipinski definition) is 2. The molecule has 0 heterocycles. The highest BCUT2D eigenvalue weighted by atomic mass is 16.1. The van der Waals surface area contributed by atoms with Crippen LogP contribution in [-0.2, 0) is 4.79 Å². The number of ketones is 1. The average molecular weight is 167 g/mol. The highest BCUT2D eigenvalue weighted by Gasteiger charge is 2.60. The minimum absolute atomic E-state index is 0.174. The van der Waals surface area contributed by atoms with Gasteiger partial charge in [0.25, 0.3) is 0 Å². The van der Waals surface area contributed by atoms with Crippen LogP contribution in [-0.4, -0.2) is 11.8 Å². The van der Waals surface area contributed by atoms with Gasteiger partial charge in [0.15, 0.2) is 0 Å². The lowest BCUT2D eigenvalue weighted by atomic mass is 9.51. The average Bonchev–Trinajstić information content (AvgIpc) is 1.98. The Kier molecular flexibility index (Phi) is 1.69. The molecule has 0 amide bonds. The fourth-order valence-corrected chi connectivity index (χ4v) is 2.24. The molecule has 1 rings (SSSR count). The van der Waals surface area contributed by atoms with E-state index >= 15 is 0 Å². The Hall–Kier alpha value is -1.02. The van der Waals surface area contributed by atoms with Crippen molar-refractivity contribution < 1.29 is 4.79 Å². The summed E-state index contributed by atoms with van der Waals surface area (Å²) in [5, 5.41) is 3.65. The summed E-state index contributed by atoms with van der Waals surface area (Å²) >= 11 is 0. The van der Waals surface area contributed by atoms with Gasteiger partial charge in [-0.15, -0.1) is 0 Å². The van der Waals surface area contributed by atoms with E-state index in [9.17, 15) is 4.79 Å². The molecule has 0 aromatic rings. The predicted octanol–water partition coefficient (Wildman–Crippen LogP) is 2.30. The Bertz CT molecular complexity index is 256. The van der Waals surface area contributed by atoms with E-state index in [4.69, 9.17) is 5.53 Å². The van der Waals surface area contributed by atoms with Crippen LogP contribution in [0.15, 0.2) is 5.11 Å². The minimum Gasteiger partial charge on any atom is -0.298 e. The molecule has 0 aromatic carbocycles. The van der Waals surface area contributed by atoms with Crippen molar-refractivity contribution in [3.05, 3.63) is 10.4 Å². The Morgan fingerprint density at radius 3 is 2.08 bits per heavy atom. The molecule has 0 radical (unpaired) electrons. The van der Waals surface area contributed by atoms with E-state index in [0.717, 1.165) is 0 Å². The third-order valence-electron chi connectivity index (χ3n) is 2.70. The smallest absolute Gasteiger partial charge is 0.144 e. The van der Waals surface area contributed by atoms with Crippen LogP contribution in [0.3, 0.4) is 0 Å². The van der Waals surface area contributed by atoms with Crippen LogP contribution in [0.2, 0.25) is 0 Å². The Labute approximate surface area is 71.6 Å². The molecule has 0 saturated heterocycles. The van der Waals surface area contributed by atoms with Gasteiger partial charge in [-0.2, -0.15) is 0 Å². The maximum atomic E-state index is 11.5. The van der Waals surface area contributed by atoms with Gasteiger partial charge in [-0.25, -0.2) is 0 Å². The number of azide groups is 1. The van der Waals surface area contributed by atoms with Crippen LogP contribution in [0.25, 0.3) is 10.4 Å². The first-order valence-corrected chi connectivity index (χ1v) is 3.94. The van der Waals surface area contributed by atoms with E-state index in [1.165, 1.54) is 0 Å². The topological polar surface area (TPSA) is 65.8 Å². The second-order valence-electron chi connectivity index (χ2n) is 4.38. The van der Waals surface area contributed by atoms with Crippen molar-refractivity contribution in [3.63, 3.8) is 0 Å². The van der Waals surface area contributed by atoms with Crippen molar-refractivity contribution in [2.24, 2.45) is 15.9 Å². The second-order valence-corrected chi connectivity index (χ2v) is 4.38. The molecular weight excluding hydrogens is 154 g/mol. The highest BCUT2D eigenvalue weighted by Crippen LogP contribution is 2.52. The number of hydrogen-bond donors (Lipinski definition) is 0.